The first-order valence-electron chi connectivity index (χ1n) is 10.3. The van der Waals surface area contributed by atoms with Gasteiger partial charge in [-0.3, -0.25) is 9.59 Å². The van der Waals surface area contributed by atoms with Gasteiger partial charge in [0.15, 0.2) is 4.34 Å². The molecule has 31 heavy (non-hydrogen) atoms. The summed E-state index contributed by atoms with van der Waals surface area (Å²) in [6.45, 7) is 1.85. The number of amides is 2. The highest BCUT2D eigenvalue weighted by molar-refractivity contribution is 8.01. The SMILES string of the molecule is Cc1nc(SCC(=O)Nc2cc(C3CCCC3)nn2-c2ccccc2)sc1CC(N)=O. The van der Waals surface area contributed by atoms with Gasteiger partial charge in [0.2, 0.25) is 11.8 Å². The largest absolute Gasteiger partial charge is 0.369 e. The first-order chi connectivity index (χ1) is 15.0. The van der Waals surface area contributed by atoms with Crippen molar-refractivity contribution >= 4 is 40.7 Å². The number of carbonyl (C=O) groups is 2. The summed E-state index contributed by atoms with van der Waals surface area (Å²) in [5.41, 5.74) is 8.02. The molecule has 0 spiro atoms. The molecule has 0 atom stereocenters. The molecule has 7 nitrogen and oxygen atoms in total. The maximum Gasteiger partial charge on any atom is 0.235 e. The van der Waals surface area contributed by atoms with Crippen LogP contribution in [0.1, 0.15) is 47.9 Å². The second kappa shape index (κ2) is 9.65. The highest BCUT2D eigenvalue weighted by atomic mass is 32.2. The van der Waals surface area contributed by atoms with Gasteiger partial charge in [-0.05, 0) is 31.9 Å². The van der Waals surface area contributed by atoms with Gasteiger partial charge < -0.3 is 11.1 Å². The van der Waals surface area contributed by atoms with Crippen LogP contribution in [-0.4, -0.2) is 32.3 Å². The van der Waals surface area contributed by atoms with E-state index in [2.05, 4.69) is 10.3 Å². The minimum Gasteiger partial charge on any atom is -0.369 e. The Morgan fingerprint density at radius 2 is 2.00 bits per heavy atom. The zero-order chi connectivity index (χ0) is 21.8. The number of para-hydroxylation sites is 1. The average molecular weight is 456 g/mol. The molecular weight excluding hydrogens is 430 g/mol. The highest BCUT2D eigenvalue weighted by Gasteiger charge is 2.22. The monoisotopic (exact) mass is 455 g/mol. The van der Waals surface area contributed by atoms with E-state index < -0.39 is 0 Å². The molecule has 1 aliphatic carbocycles. The highest BCUT2D eigenvalue weighted by Crippen LogP contribution is 2.35. The number of thiazole rings is 1. The predicted octanol–water partition coefficient (Wildman–Crippen LogP) is 4.05. The fourth-order valence-electron chi connectivity index (χ4n) is 3.77. The van der Waals surface area contributed by atoms with E-state index in [9.17, 15) is 9.59 Å². The summed E-state index contributed by atoms with van der Waals surface area (Å²) in [4.78, 5) is 29.2. The van der Waals surface area contributed by atoms with Gasteiger partial charge in [-0.2, -0.15) is 5.10 Å². The van der Waals surface area contributed by atoms with Crippen LogP contribution in [0.4, 0.5) is 5.82 Å². The molecule has 1 aliphatic rings. The van der Waals surface area contributed by atoms with Gasteiger partial charge in [0.05, 0.1) is 29.2 Å². The molecule has 2 aromatic heterocycles. The van der Waals surface area contributed by atoms with Gasteiger partial charge in [-0.15, -0.1) is 11.3 Å². The average Bonchev–Trinajstić information content (AvgIpc) is 3.48. The van der Waals surface area contributed by atoms with E-state index in [1.807, 2.05) is 48.0 Å². The molecule has 0 aliphatic heterocycles. The smallest absolute Gasteiger partial charge is 0.235 e. The number of hydrogen-bond donors (Lipinski definition) is 2. The van der Waals surface area contributed by atoms with Crippen molar-refractivity contribution in [1.29, 1.82) is 0 Å². The number of hydrogen-bond acceptors (Lipinski definition) is 6. The zero-order valence-electron chi connectivity index (χ0n) is 17.3. The van der Waals surface area contributed by atoms with Crippen LogP contribution in [0, 0.1) is 6.92 Å². The van der Waals surface area contributed by atoms with E-state index in [1.165, 1.54) is 35.9 Å². The van der Waals surface area contributed by atoms with E-state index in [0.717, 1.165) is 39.1 Å². The quantitative estimate of drug-likeness (QED) is 0.499. The normalized spacial score (nSPS) is 14.1. The number of aryl methyl sites for hydroxylation is 1. The Kier molecular flexibility index (Phi) is 6.72. The van der Waals surface area contributed by atoms with E-state index in [-0.39, 0.29) is 24.0 Å². The summed E-state index contributed by atoms with van der Waals surface area (Å²) in [6.07, 6.45) is 4.92. The Labute approximate surface area is 189 Å². The van der Waals surface area contributed by atoms with Crippen molar-refractivity contribution in [2.75, 3.05) is 11.1 Å². The zero-order valence-corrected chi connectivity index (χ0v) is 19.0. The minimum atomic E-state index is -0.381. The number of nitrogens with one attached hydrogen (secondary N) is 1. The predicted molar refractivity (Wildman–Crippen MR) is 124 cm³/mol. The third kappa shape index (κ3) is 5.34. The molecule has 2 heterocycles. The number of anilines is 1. The molecule has 1 fully saturated rings. The molecular formula is C22H25N5O2S2. The Morgan fingerprint density at radius 3 is 2.71 bits per heavy atom. The lowest BCUT2D eigenvalue weighted by Gasteiger charge is -2.08. The molecule has 2 amide bonds. The number of thioether (sulfide) groups is 1. The molecule has 3 N–H and O–H groups in total. The van der Waals surface area contributed by atoms with Crippen LogP contribution >= 0.6 is 23.1 Å². The number of carbonyl (C=O) groups excluding carboxylic acids is 2. The van der Waals surface area contributed by atoms with Crippen molar-refractivity contribution in [2.45, 2.75) is 49.3 Å². The number of rotatable bonds is 8. The third-order valence-electron chi connectivity index (χ3n) is 5.30. The molecule has 4 rings (SSSR count). The summed E-state index contributed by atoms with van der Waals surface area (Å²) in [6, 6.07) is 11.8. The number of aromatic nitrogens is 3. The summed E-state index contributed by atoms with van der Waals surface area (Å²) >= 11 is 2.77. The first kappa shape index (κ1) is 21.6. The Bertz CT molecular complexity index is 1070. The summed E-state index contributed by atoms with van der Waals surface area (Å²) in [5, 5.41) is 7.84. The molecule has 1 saturated carbocycles. The van der Waals surface area contributed by atoms with Gasteiger partial charge in [0.25, 0.3) is 0 Å². The van der Waals surface area contributed by atoms with Crippen LogP contribution in [0.5, 0.6) is 0 Å². The Hall–Kier alpha value is -2.65. The maximum absolute atomic E-state index is 12.7. The summed E-state index contributed by atoms with van der Waals surface area (Å²) in [5.74, 6) is 0.861. The van der Waals surface area contributed by atoms with Gasteiger partial charge in [-0.1, -0.05) is 42.8 Å². The van der Waals surface area contributed by atoms with Crippen molar-refractivity contribution in [3.05, 3.63) is 52.7 Å². The lowest BCUT2D eigenvalue weighted by Crippen LogP contribution is -2.16. The maximum atomic E-state index is 12.7. The molecule has 0 saturated heterocycles. The molecule has 162 valence electrons. The molecule has 1 aromatic carbocycles. The molecule has 0 unspecified atom stereocenters. The fourth-order valence-corrected chi connectivity index (χ4v) is 5.81. The van der Waals surface area contributed by atoms with Crippen LogP contribution in [-0.2, 0) is 16.0 Å². The van der Waals surface area contributed by atoms with Crippen molar-refractivity contribution in [3.63, 3.8) is 0 Å². The fraction of sp³-hybridized carbons (Fsp3) is 0.364. The number of benzene rings is 1. The lowest BCUT2D eigenvalue weighted by atomic mass is 10.0. The van der Waals surface area contributed by atoms with Crippen molar-refractivity contribution in [3.8, 4) is 5.69 Å². The first-order valence-corrected chi connectivity index (χ1v) is 12.1. The second-order valence-electron chi connectivity index (χ2n) is 7.65. The number of nitrogens with two attached hydrogens (primary N) is 1. The van der Waals surface area contributed by atoms with Crippen molar-refractivity contribution in [2.24, 2.45) is 5.73 Å². The van der Waals surface area contributed by atoms with Crippen molar-refractivity contribution < 1.29 is 9.59 Å². The van der Waals surface area contributed by atoms with E-state index in [0.29, 0.717) is 11.7 Å². The Balaban J connectivity index is 1.46. The van der Waals surface area contributed by atoms with Crippen LogP contribution in [0.3, 0.4) is 0 Å². The molecule has 3 aromatic rings. The topological polar surface area (TPSA) is 103 Å². The Morgan fingerprint density at radius 1 is 1.26 bits per heavy atom. The van der Waals surface area contributed by atoms with Gasteiger partial charge >= 0.3 is 0 Å². The van der Waals surface area contributed by atoms with Crippen LogP contribution in [0.2, 0.25) is 0 Å². The van der Waals surface area contributed by atoms with Crippen LogP contribution < -0.4 is 11.1 Å². The van der Waals surface area contributed by atoms with Crippen molar-refractivity contribution in [1.82, 2.24) is 14.8 Å². The number of nitrogens with zero attached hydrogens (tertiary/aromatic N) is 3. The minimum absolute atomic E-state index is 0.121. The second-order valence-corrected chi connectivity index (χ2v) is 9.96. The summed E-state index contributed by atoms with van der Waals surface area (Å²) < 4.78 is 2.57. The van der Waals surface area contributed by atoms with E-state index >= 15 is 0 Å². The van der Waals surface area contributed by atoms with Crippen LogP contribution in [0.15, 0.2) is 40.7 Å². The van der Waals surface area contributed by atoms with Gasteiger partial charge in [0, 0.05) is 16.9 Å². The number of primary amides is 1. The standard InChI is InChI=1S/C22H25N5O2S2/c1-14-18(12-19(23)28)31-22(24-14)30-13-21(29)25-20-11-17(15-7-5-6-8-15)26-27(20)16-9-3-2-4-10-16/h2-4,9-11,15H,5-8,12-13H2,1H3,(H2,23,28)(H,25,29). The lowest BCUT2D eigenvalue weighted by molar-refractivity contribution is -0.117. The molecule has 9 heteroatoms. The van der Waals surface area contributed by atoms with Gasteiger partial charge in [-0.25, -0.2) is 9.67 Å². The summed E-state index contributed by atoms with van der Waals surface area (Å²) in [7, 11) is 0. The third-order valence-corrected chi connectivity index (χ3v) is 7.60. The van der Waals surface area contributed by atoms with Gasteiger partial charge in [0.1, 0.15) is 5.82 Å². The van der Waals surface area contributed by atoms with E-state index in [1.54, 1.807) is 0 Å². The molecule has 0 bridgehead atoms. The molecule has 0 radical (unpaired) electrons. The van der Waals surface area contributed by atoms with E-state index in [4.69, 9.17) is 10.8 Å². The van der Waals surface area contributed by atoms with Crippen LogP contribution in [0.25, 0.3) is 5.69 Å².